The summed E-state index contributed by atoms with van der Waals surface area (Å²) in [6, 6.07) is 12.0. The van der Waals surface area contributed by atoms with Crippen LogP contribution in [-0.4, -0.2) is 50.5 Å². The Morgan fingerprint density at radius 1 is 0.700 bits per heavy atom. The first kappa shape index (κ1) is 33.8. The van der Waals surface area contributed by atoms with Crippen molar-refractivity contribution in [1.82, 2.24) is 19.9 Å². The summed E-state index contributed by atoms with van der Waals surface area (Å²) in [4.78, 5) is 30.0. The van der Waals surface area contributed by atoms with Crippen LogP contribution in [0.5, 0.6) is 5.75 Å². The molecule has 0 saturated carbocycles. The van der Waals surface area contributed by atoms with E-state index in [4.69, 9.17) is 9.72 Å². The van der Waals surface area contributed by atoms with E-state index in [0.29, 0.717) is 18.6 Å². The van der Waals surface area contributed by atoms with Crippen LogP contribution in [0.4, 0.5) is 0 Å². The molecule has 5 heterocycles. The molecule has 0 fully saturated rings. The van der Waals surface area contributed by atoms with Crippen LogP contribution in [0.3, 0.4) is 0 Å². The van der Waals surface area contributed by atoms with Crippen molar-refractivity contribution in [3.8, 4) is 5.75 Å². The second-order valence-corrected chi connectivity index (χ2v) is 13.7. The standard InChI is InChI=1S/C42H48N4O4/c1-8-26-27(9-2)40-39-38-24(16-25(49)18-36(38)50-7)17-30-41(39)46-37(42(30,10-3)11-4)21-32-23(6)29(13-15-48)35(44-32)20-34-28(12-14-47)22(5)31(43-34)19-33(26)45-40/h16-21,43-45,47-48H,8-15H2,1-7H3. The van der Waals surface area contributed by atoms with E-state index >= 15 is 0 Å². The number of aromatic amines is 3. The molecule has 8 bridgehead atoms. The highest BCUT2D eigenvalue weighted by atomic mass is 16.5. The minimum absolute atomic E-state index is 0.0273. The lowest BCUT2D eigenvalue weighted by molar-refractivity contribution is 0.299. The Balaban J connectivity index is 1.84. The van der Waals surface area contributed by atoms with Crippen LogP contribution in [0.15, 0.2) is 41.2 Å². The molecule has 8 nitrogen and oxygen atoms in total. The number of nitrogens with zero attached hydrogens (tertiary/aromatic N) is 1. The average Bonchev–Trinajstić information content (AvgIpc) is 3.80. The number of fused-ring (bicyclic) bond motifs is 10. The third-order valence-electron chi connectivity index (χ3n) is 11.5. The molecule has 2 aromatic carbocycles. The van der Waals surface area contributed by atoms with Crippen LogP contribution in [-0.2, 0) is 31.1 Å². The van der Waals surface area contributed by atoms with Gasteiger partial charge in [-0.1, -0.05) is 27.7 Å². The van der Waals surface area contributed by atoms with E-state index in [1.54, 1.807) is 19.2 Å². The van der Waals surface area contributed by atoms with Crippen LogP contribution in [0.25, 0.3) is 54.8 Å². The second-order valence-electron chi connectivity index (χ2n) is 13.7. The van der Waals surface area contributed by atoms with E-state index in [2.05, 4.69) is 80.8 Å². The van der Waals surface area contributed by atoms with Crippen LogP contribution in [0.2, 0.25) is 0 Å². The summed E-state index contributed by atoms with van der Waals surface area (Å²) in [5, 5.41) is 23.0. The number of H-pyrrole nitrogens is 3. The molecule has 1 aliphatic rings. The van der Waals surface area contributed by atoms with Gasteiger partial charge in [-0.05, 0) is 127 Å². The molecule has 0 saturated heterocycles. The lowest BCUT2D eigenvalue weighted by Crippen LogP contribution is -2.23. The first-order valence-electron chi connectivity index (χ1n) is 18.1. The summed E-state index contributed by atoms with van der Waals surface area (Å²) in [6.45, 7) is 13.1. The molecule has 0 aliphatic carbocycles. The zero-order chi connectivity index (χ0) is 35.5. The van der Waals surface area contributed by atoms with Crippen molar-refractivity contribution in [3.63, 3.8) is 0 Å². The van der Waals surface area contributed by atoms with Gasteiger partial charge < -0.3 is 29.9 Å². The summed E-state index contributed by atoms with van der Waals surface area (Å²) in [7, 11) is 1.63. The Labute approximate surface area is 291 Å². The van der Waals surface area contributed by atoms with Gasteiger partial charge in [0.2, 0.25) is 0 Å². The SMILES string of the molecule is CCc1c(CC)c2[nH]c1cc1[nH]c(cc3[nH]c(cc4nc5c(cc6cc(=O)cc(OC)c6c52)C4(CC)CC)c(C)c3CCO)c(CCO)c1C. The highest BCUT2D eigenvalue weighted by Gasteiger charge is 2.39. The van der Waals surface area contributed by atoms with E-state index in [9.17, 15) is 15.0 Å². The summed E-state index contributed by atoms with van der Waals surface area (Å²) in [5.74, 6) is 0.540. The van der Waals surface area contributed by atoms with E-state index in [1.807, 2.05) is 0 Å². The number of aryl methyl sites for hydroxylation is 4. The lowest BCUT2D eigenvalue weighted by atomic mass is 9.73. The van der Waals surface area contributed by atoms with Crippen molar-refractivity contribution >= 4 is 54.8 Å². The Morgan fingerprint density at radius 3 is 1.84 bits per heavy atom. The van der Waals surface area contributed by atoms with Crippen molar-refractivity contribution in [1.29, 1.82) is 0 Å². The van der Waals surface area contributed by atoms with Gasteiger partial charge >= 0.3 is 0 Å². The molecular formula is C42H48N4O4. The Kier molecular flexibility index (Phi) is 8.73. The number of ether oxygens (including phenoxy) is 1. The fraction of sp³-hybridized carbons (Fsp3) is 0.381. The average molecular weight is 673 g/mol. The number of methoxy groups -OCH3 is 1. The predicted molar refractivity (Wildman–Crippen MR) is 205 cm³/mol. The van der Waals surface area contributed by atoms with Gasteiger partial charge in [0.05, 0.1) is 23.8 Å². The third kappa shape index (κ3) is 4.95. The molecule has 0 spiro atoms. The van der Waals surface area contributed by atoms with E-state index in [0.717, 1.165) is 114 Å². The molecule has 0 unspecified atom stereocenters. The summed E-state index contributed by atoms with van der Waals surface area (Å²) >= 11 is 0. The molecule has 260 valence electrons. The quantitative estimate of drug-likeness (QED) is 0.106. The first-order chi connectivity index (χ1) is 24.2. The van der Waals surface area contributed by atoms with Gasteiger partial charge in [-0.25, -0.2) is 0 Å². The Bertz CT molecular complexity index is 2500. The molecule has 4 aromatic heterocycles. The van der Waals surface area contributed by atoms with E-state index in [1.165, 1.54) is 11.1 Å². The Morgan fingerprint density at radius 2 is 1.28 bits per heavy atom. The Hall–Kier alpha value is -4.66. The molecule has 0 radical (unpaired) electrons. The number of hydrogen-bond donors (Lipinski definition) is 5. The van der Waals surface area contributed by atoms with Gasteiger partial charge in [0.1, 0.15) is 5.75 Å². The minimum Gasteiger partial charge on any atom is -0.496 e. The van der Waals surface area contributed by atoms with Crippen molar-refractivity contribution < 1.29 is 14.9 Å². The smallest absolute Gasteiger partial charge is 0.182 e. The summed E-state index contributed by atoms with van der Waals surface area (Å²) < 4.78 is 5.96. The van der Waals surface area contributed by atoms with Crippen molar-refractivity contribution in [2.75, 3.05) is 20.3 Å². The number of aromatic nitrogens is 4. The van der Waals surface area contributed by atoms with Gasteiger partial charge in [-0.2, -0.15) is 0 Å². The molecule has 50 heavy (non-hydrogen) atoms. The normalized spacial score (nSPS) is 13.4. The van der Waals surface area contributed by atoms with Crippen LogP contribution in [0.1, 0.15) is 85.2 Å². The first-order valence-corrected chi connectivity index (χ1v) is 18.1. The molecule has 5 N–H and O–H groups in total. The monoisotopic (exact) mass is 672 g/mol. The topological polar surface area (TPSA) is 127 Å². The van der Waals surface area contributed by atoms with Gasteiger partial charge in [0.15, 0.2) is 5.43 Å². The van der Waals surface area contributed by atoms with Gasteiger partial charge in [-0.3, -0.25) is 9.78 Å². The maximum Gasteiger partial charge on any atom is 0.182 e. The molecule has 7 rings (SSSR count). The number of nitrogens with one attached hydrogen (secondary N) is 3. The highest BCUT2D eigenvalue weighted by Crippen LogP contribution is 2.49. The molecule has 0 amide bonds. The maximum absolute atomic E-state index is 13.1. The van der Waals surface area contributed by atoms with E-state index < -0.39 is 5.41 Å². The molecule has 6 aromatic rings. The van der Waals surface area contributed by atoms with Crippen LogP contribution >= 0.6 is 0 Å². The van der Waals surface area contributed by atoms with Crippen molar-refractivity contribution in [2.24, 2.45) is 0 Å². The zero-order valence-corrected chi connectivity index (χ0v) is 30.3. The van der Waals surface area contributed by atoms with Crippen molar-refractivity contribution in [3.05, 3.63) is 91.3 Å². The van der Waals surface area contributed by atoms with Gasteiger partial charge in [-0.15, -0.1) is 0 Å². The minimum atomic E-state index is -0.391. The maximum atomic E-state index is 13.1. The fourth-order valence-electron chi connectivity index (χ4n) is 8.80. The molecule has 8 heteroatoms. The second kappa shape index (κ2) is 12.9. The largest absolute Gasteiger partial charge is 0.496 e. The summed E-state index contributed by atoms with van der Waals surface area (Å²) in [5.41, 5.74) is 15.1. The van der Waals surface area contributed by atoms with Crippen molar-refractivity contribution in [2.45, 2.75) is 85.5 Å². The van der Waals surface area contributed by atoms with E-state index in [-0.39, 0.29) is 18.6 Å². The third-order valence-corrected chi connectivity index (χ3v) is 11.5. The van der Waals surface area contributed by atoms with Gasteiger partial charge in [0.25, 0.3) is 0 Å². The van der Waals surface area contributed by atoms with Crippen LogP contribution in [0, 0.1) is 13.8 Å². The molecule has 0 atom stereocenters. The number of aliphatic hydroxyl groups is 2. The molecule has 1 aliphatic heterocycles. The fourth-order valence-corrected chi connectivity index (χ4v) is 8.80. The highest BCUT2D eigenvalue weighted by molar-refractivity contribution is 6.18. The lowest BCUT2D eigenvalue weighted by Gasteiger charge is -2.28. The number of benzene rings is 2. The molecular weight excluding hydrogens is 624 g/mol. The predicted octanol–water partition coefficient (Wildman–Crippen LogP) is 8.12. The van der Waals surface area contributed by atoms with Gasteiger partial charge in [0, 0.05) is 63.1 Å². The number of hydrogen-bond acceptors (Lipinski definition) is 5. The summed E-state index contributed by atoms with van der Waals surface area (Å²) in [6.07, 6.45) is 4.31. The zero-order valence-electron chi connectivity index (χ0n) is 30.3. The number of aliphatic hydroxyl groups excluding tert-OH is 2. The van der Waals surface area contributed by atoms with Crippen LogP contribution < -0.4 is 10.2 Å². The number of rotatable bonds is 9.